The highest BCUT2D eigenvalue weighted by Crippen LogP contribution is 2.21. The Hall–Kier alpha value is -0.870. The first-order valence-corrected chi connectivity index (χ1v) is 6.23. The van der Waals surface area contributed by atoms with Crippen LogP contribution in [0.15, 0.2) is 39.1 Å². The van der Waals surface area contributed by atoms with Crippen LogP contribution >= 0.6 is 27.3 Å². The third kappa shape index (κ3) is 2.06. The number of benzene rings is 1. The number of halogens is 1. The van der Waals surface area contributed by atoms with Crippen LogP contribution in [0.2, 0.25) is 0 Å². The quantitative estimate of drug-likeness (QED) is 0.765. The molecule has 15 heavy (non-hydrogen) atoms. The molecule has 1 aromatic heterocycles. The van der Waals surface area contributed by atoms with Crippen LogP contribution in [0.3, 0.4) is 0 Å². The molecule has 0 aliphatic rings. The summed E-state index contributed by atoms with van der Waals surface area (Å²) in [6.45, 7) is 0. The van der Waals surface area contributed by atoms with Gasteiger partial charge in [-0.15, -0.1) is 11.3 Å². The van der Waals surface area contributed by atoms with E-state index in [0.717, 1.165) is 9.27 Å². The summed E-state index contributed by atoms with van der Waals surface area (Å²) in [5.41, 5.74) is 2.42. The van der Waals surface area contributed by atoms with Gasteiger partial charge in [0.05, 0.1) is 5.69 Å². The van der Waals surface area contributed by atoms with Gasteiger partial charge in [0.15, 0.2) is 4.80 Å². The van der Waals surface area contributed by atoms with Crippen molar-refractivity contribution < 1.29 is 0 Å². The summed E-state index contributed by atoms with van der Waals surface area (Å²) in [7, 11) is 3.85. The minimum absolute atomic E-state index is 1.04. The normalized spacial score (nSPS) is 12.1. The molecule has 4 heteroatoms. The summed E-state index contributed by atoms with van der Waals surface area (Å²) >= 11 is 5.09. The van der Waals surface area contributed by atoms with Crippen LogP contribution in [0.1, 0.15) is 0 Å². The van der Waals surface area contributed by atoms with Crippen LogP contribution in [0, 0.1) is 0 Å². The lowest BCUT2D eigenvalue weighted by atomic mass is 10.2. The van der Waals surface area contributed by atoms with Crippen molar-refractivity contribution in [3.63, 3.8) is 0 Å². The zero-order valence-electron chi connectivity index (χ0n) is 8.57. The van der Waals surface area contributed by atoms with Gasteiger partial charge in [0.2, 0.25) is 0 Å². The van der Waals surface area contributed by atoms with Crippen LogP contribution < -0.4 is 4.80 Å². The molecule has 1 heterocycles. The molecule has 2 aromatic rings. The van der Waals surface area contributed by atoms with Crippen molar-refractivity contribution in [2.75, 3.05) is 7.05 Å². The molecule has 0 fully saturated rings. The lowest BCUT2D eigenvalue weighted by Crippen LogP contribution is -2.10. The van der Waals surface area contributed by atoms with E-state index in [1.165, 1.54) is 11.3 Å². The second-order valence-corrected chi connectivity index (χ2v) is 4.95. The SMILES string of the molecule is CN=c1scc(-c2ccc(Br)cc2)n1C. The summed E-state index contributed by atoms with van der Waals surface area (Å²) in [6.07, 6.45) is 0. The zero-order chi connectivity index (χ0) is 10.8. The Bertz CT molecular complexity index is 522. The van der Waals surface area contributed by atoms with Crippen molar-refractivity contribution in [3.05, 3.63) is 38.9 Å². The average molecular weight is 283 g/mol. The first kappa shape index (κ1) is 10.6. The van der Waals surface area contributed by atoms with Crippen molar-refractivity contribution in [1.29, 1.82) is 0 Å². The highest BCUT2D eigenvalue weighted by Gasteiger charge is 2.03. The zero-order valence-corrected chi connectivity index (χ0v) is 11.0. The summed E-state index contributed by atoms with van der Waals surface area (Å²) in [5, 5.41) is 2.13. The molecule has 0 saturated heterocycles. The predicted molar refractivity (Wildman–Crippen MR) is 67.9 cm³/mol. The van der Waals surface area contributed by atoms with Crippen molar-refractivity contribution in [1.82, 2.24) is 4.57 Å². The third-order valence-corrected chi connectivity index (χ3v) is 3.79. The monoisotopic (exact) mass is 282 g/mol. The summed E-state index contributed by atoms with van der Waals surface area (Å²) < 4.78 is 3.21. The van der Waals surface area contributed by atoms with E-state index in [1.807, 2.05) is 14.1 Å². The number of hydrogen-bond acceptors (Lipinski definition) is 2. The fourth-order valence-corrected chi connectivity index (χ4v) is 2.59. The maximum absolute atomic E-state index is 4.21. The molecular weight excluding hydrogens is 272 g/mol. The number of hydrogen-bond donors (Lipinski definition) is 0. The van der Waals surface area contributed by atoms with Crippen molar-refractivity contribution in [3.8, 4) is 11.3 Å². The first-order valence-electron chi connectivity index (χ1n) is 4.55. The number of rotatable bonds is 1. The van der Waals surface area contributed by atoms with E-state index < -0.39 is 0 Å². The Labute approximate surface area is 101 Å². The molecule has 0 amide bonds. The highest BCUT2D eigenvalue weighted by molar-refractivity contribution is 9.10. The number of thiazole rings is 1. The Morgan fingerprint density at radius 3 is 2.47 bits per heavy atom. The van der Waals surface area contributed by atoms with Crippen LogP contribution in [0.4, 0.5) is 0 Å². The maximum Gasteiger partial charge on any atom is 0.184 e. The van der Waals surface area contributed by atoms with Crippen LogP contribution in [0.5, 0.6) is 0 Å². The molecule has 2 rings (SSSR count). The van der Waals surface area contributed by atoms with E-state index in [9.17, 15) is 0 Å². The van der Waals surface area contributed by atoms with Crippen LogP contribution in [-0.4, -0.2) is 11.6 Å². The maximum atomic E-state index is 4.21. The van der Waals surface area contributed by atoms with E-state index in [2.05, 4.69) is 55.1 Å². The fraction of sp³-hybridized carbons (Fsp3) is 0.182. The predicted octanol–water partition coefficient (Wildman–Crippen LogP) is 3.05. The minimum Gasteiger partial charge on any atom is -0.320 e. The smallest absolute Gasteiger partial charge is 0.184 e. The Kier molecular flexibility index (Phi) is 3.07. The van der Waals surface area contributed by atoms with Crippen molar-refractivity contribution in [2.24, 2.45) is 12.0 Å². The first-order chi connectivity index (χ1) is 7.22. The second kappa shape index (κ2) is 4.33. The Balaban J connectivity index is 2.55. The van der Waals surface area contributed by atoms with Gasteiger partial charge in [-0.25, -0.2) is 0 Å². The molecule has 0 saturated carbocycles. The molecule has 0 aliphatic carbocycles. The highest BCUT2D eigenvalue weighted by atomic mass is 79.9. The van der Waals surface area contributed by atoms with Crippen molar-refractivity contribution in [2.45, 2.75) is 0 Å². The summed E-state index contributed by atoms with van der Waals surface area (Å²) in [5.74, 6) is 0. The molecule has 0 atom stereocenters. The van der Waals surface area contributed by atoms with Gasteiger partial charge in [0, 0.05) is 23.9 Å². The van der Waals surface area contributed by atoms with E-state index >= 15 is 0 Å². The fourth-order valence-electron chi connectivity index (χ4n) is 1.45. The lowest BCUT2D eigenvalue weighted by Gasteiger charge is -2.02. The molecule has 0 unspecified atom stereocenters. The number of aromatic nitrogens is 1. The summed E-state index contributed by atoms with van der Waals surface area (Å²) in [4.78, 5) is 5.24. The summed E-state index contributed by atoms with van der Waals surface area (Å²) in [6, 6.07) is 8.31. The van der Waals surface area contributed by atoms with E-state index in [-0.39, 0.29) is 0 Å². The lowest BCUT2D eigenvalue weighted by molar-refractivity contribution is 0.876. The molecule has 0 spiro atoms. The topological polar surface area (TPSA) is 17.3 Å². The molecule has 0 radical (unpaired) electrons. The van der Waals surface area contributed by atoms with Crippen LogP contribution in [0.25, 0.3) is 11.3 Å². The van der Waals surface area contributed by atoms with E-state index in [4.69, 9.17) is 0 Å². The van der Waals surface area contributed by atoms with Gasteiger partial charge in [-0.05, 0) is 17.7 Å². The van der Waals surface area contributed by atoms with Crippen molar-refractivity contribution >= 4 is 27.3 Å². The Morgan fingerprint density at radius 1 is 1.27 bits per heavy atom. The van der Waals surface area contributed by atoms with Gasteiger partial charge in [-0.2, -0.15) is 0 Å². The minimum atomic E-state index is 1.04. The van der Waals surface area contributed by atoms with Gasteiger partial charge in [0.1, 0.15) is 0 Å². The molecule has 0 N–H and O–H groups in total. The molecule has 0 bridgehead atoms. The Morgan fingerprint density at radius 2 is 1.93 bits per heavy atom. The molecule has 78 valence electrons. The van der Waals surface area contributed by atoms with Gasteiger partial charge in [-0.1, -0.05) is 28.1 Å². The second-order valence-electron chi connectivity index (χ2n) is 3.19. The number of nitrogens with zero attached hydrogens (tertiary/aromatic N) is 2. The van der Waals surface area contributed by atoms with Gasteiger partial charge >= 0.3 is 0 Å². The molecule has 2 nitrogen and oxygen atoms in total. The standard InChI is InChI=1S/C11H11BrN2S/c1-13-11-14(2)10(7-15-11)8-3-5-9(12)6-4-8/h3-7H,1-2H3. The van der Waals surface area contributed by atoms with E-state index in [1.54, 1.807) is 11.3 Å². The van der Waals surface area contributed by atoms with Gasteiger partial charge in [-0.3, -0.25) is 4.99 Å². The largest absolute Gasteiger partial charge is 0.320 e. The molecular formula is C11H11BrN2S. The average Bonchev–Trinajstić information content (AvgIpc) is 2.61. The van der Waals surface area contributed by atoms with Gasteiger partial charge in [0.25, 0.3) is 0 Å². The van der Waals surface area contributed by atoms with Gasteiger partial charge < -0.3 is 4.57 Å². The molecule has 0 aliphatic heterocycles. The van der Waals surface area contributed by atoms with Crippen LogP contribution in [-0.2, 0) is 7.05 Å². The third-order valence-electron chi connectivity index (χ3n) is 2.26. The van der Waals surface area contributed by atoms with E-state index in [0.29, 0.717) is 0 Å². The molecule has 1 aromatic carbocycles.